The molecule has 0 aliphatic heterocycles. The molecule has 3 N–H and O–H groups in total. The molecule has 4 heteroatoms. The van der Waals surface area contributed by atoms with E-state index in [4.69, 9.17) is 10.5 Å². The first-order valence-electron chi connectivity index (χ1n) is 6.98. The zero-order valence-electron chi connectivity index (χ0n) is 12.3. The minimum absolute atomic E-state index is 0.439. The van der Waals surface area contributed by atoms with Crippen LogP contribution in [0.25, 0.3) is 0 Å². The lowest BCUT2D eigenvalue weighted by molar-refractivity contribution is 0.100. The van der Waals surface area contributed by atoms with Crippen molar-refractivity contribution in [2.45, 2.75) is 20.4 Å². The molecule has 2 rings (SSSR count). The van der Waals surface area contributed by atoms with Crippen LogP contribution in [0.15, 0.2) is 42.5 Å². The number of nitrogens with one attached hydrogen (secondary N) is 1. The second-order valence-electron chi connectivity index (χ2n) is 4.87. The number of carbonyl (C=O) groups excluding carboxylic acids is 1. The van der Waals surface area contributed by atoms with Gasteiger partial charge < -0.3 is 15.8 Å². The van der Waals surface area contributed by atoms with Gasteiger partial charge in [0.2, 0.25) is 5.91 Å². The molecule has 2 aromatic carbocycles. The van der Waals surface area contributed by atoms with Gasteiger partial charge in [0.15, 0.2) is 0 Å². The molecule has 0 unspecified atom stereocenters. The van der Waals surface area contributed by atoms with Crippen molar-refractivity contribution in [3.63, 3.8) is 0 Å². The Kier molecular flexibility index (Phi) is 4.95. The molecule has 0 aliphatic rings. The molecule has 0 fully saturated rings. The summed E-state index contributed by atoms with van der Waals surface area (Å²) in [5, 5.41) is 3.29. The van der Waals surface area contributed by atoms with Gasteiger partial charge in [0, 0.05) is 12.1 Å². The van der Waals surface area contributed by atoms with Gasteiger partial charge in [-0.25, -0.2) is 0 Å². The van der Waals surface area contributed by atoms with Crippen molar-refractivity contribution in [1.29, 1.82) is 0 Å². The summed E-state index contributed by atoms with van der Waals surface area (Å²) in [4.78, 5) is 11.0. The molecular formula is C17H20N2O2. The predicted molar refractivity (Wildman–Crippen MR) is 83.6 cm³/mol. The molecule has 0 bridgehead atoms. The average Bonchev–Trinajstić information content (AvgIpc) is 2.48. The van der Waals surface area contributed by atoms with Crippen LogP contribution >= 0.6 is 0 Å². The summed E-state index contributed by atoms with van der Waals surface area (Å²) >= 11 is 0. The Morgan fingerprint density at radius 1 is 1.19 bits per heavy atom. The Balaban J connectivity index is 2.16. The van der Waals surface area contributed by atoms with Crippen molar-refractivity contribution in [3.8, 4) is 11.5 Å². The van der Waals surface area contributed by atoms with Crippen molar-refractivity contribution in [2.24, 2.45) is 5.73 Å². The van der Waals surface area contributed by atoms with Crippen LogP contribution in [0.1, 0.15) is 28.4 Å². The van der Waals surface area contributed by atoms with Crippen LogP contribution in [0.2, 0.25) is 0 Å². The number of amides is 1. The predicted octanol–water partition coefficient (Wildman–Crippen LogP) is 3.00. The van der Waals surface area contributed by atoms with Gasteiger partial charge in [-0.15, -0.1) is 0 Å². The Bertz CT molecular complexity index is 621. The van der Waals surface area contributed by atoms with Crippen LogP contribution < -0.4 is 15.8 Å². The molecule has 21 heavy (non-hydrogen) atoms. The monoisotopic (exact) mass is 284 g/mol. The van der Waals surface area contributed by atoms with Crippen molar-refractivity contribution in [3.05, 3.63) is 59.2 Å². The highest BCUT2D eigenvalue weighted by Gasteiger charge is 2.05. The van der Waals surface area contributed by atoms with Gasteiger partial charge in [-0.05, 0) is 54.9 Å². The molecule has 4 nitrogen and oxygen atoms in total. The normalized spacial score (nSPS) is 10.4. The van der Waals surface area contributed by atoms with E-state index in [1.165, 1.54) is 5.56 Å². The molecule has 2 aromatic rings. The molecule has 0 saturated carbocycles. The fourth-order valence-corrected chi connectivity index (χ4v) is 1.95. The third kappa shape index (κ3) is 4.07. The number of nitrogens with two attached hydrogens (primary N) is 1. The highest BCUT2D eigenvalue weighted by molar-refractivity contribution is 5.92. The highest BCUT2D eigenvalue weighted by Crippen LogP contribution is 2.26. The SMILES string of the molecule is CCNCc1ccc(C)c(Oc2ccc(C(N)=O)cc2)c1. The minimum Gasteiger partial charge on any atom is -0.457 e. The quantitative estimate of drug-likeness (QED) is 0.857. The van der Waals surface area contributed by atoms with Gasteiger partial charge in [0.05, 0.1) is 0 Å². The lowest BCUT2D eigenvalue weighted by atomic mass is 10.1. The van der Waals surface area contributed by atoms with Crippen molar-refractivity contribution in [1.82, 2.24) is 5.32 Å². The Morgan fingerprint density at radius 2 is 1.90 bits per heavy atom. The minimum atomic E-state index is -0.439. The number of aryl methyl sites for hydroxylation is 1. The van der Waals surface area contributed by atoms with Gasteiger partial charge in [0.25, 0.3) is 0 Å². The van der Waals surface area contributed by atoms with Gasteiger partial charge in [0.1, 0.15) is 11.5 Å². The Hall–Kier alpha value is -2.33. The van der Waals surface area contributed by atoms with Crippen LogP contribution in [0.4, 0.5) is 0 Å². The van der Waals surface area contributed by atoms with Crippen molar-refractivity contribution >= 4 is 5.91 Å². The second-order valence-corrected chi connectivity index (χ2v) is 4.87. The van der Waals surface area contributed by atoms with E-state index in [9.17, 15) is 4.79 Å². The smallest absolute Gasteiger partial charge is 0.248 e. The highest BCUT2D eigenvalue weighted by atomic mass is 16.5. The number of hydrogen-bond acceptors (Lipinski definition) is 3. The molecule has 0 atom stereocenters. The van der Waals surface area contributed by atoms with Crippen molar-refractivity contribution in [2.75, 3.05) is 6.54 Å². The molecule has 110 valence electrons. The molecule has 0 saturated heterocycles. The summed E-state index contributed by atoms with van der Waals surface area (Å²) < 4.78 is 5.88. The number of rotatable bonds is 6. The lowest BCUT2D eigenvalue weighted by Crippen LogP contribution is -2.11. The maximum Gasteiger partial charge on any atom is 0.248 e. The third-order valence-corrected chi connectivity index (χ3v) is 3.20. The number of benzene rings is 2. The molecule has 0 spiro atoms. The van der Waals surface area contributed by atoms with Crippen LogP contribution in [-0.2, 0) is 6.54 Å². The average molecular weight is 284 g/mol. The summed E-state index contributed by atoms with van der Waals surface area (Å²) in [6.45, 7) is 5.82. The van der Waals surface area contributed by atoms with Gasteiger partial charge >= 0.3 is 0 Å². The number of primary amides is 1. The largest absolute Gasteiger partial charge is 0.457 e. The van der Waals surface area contributed by atoms with Crippen molar-refractivity contribution < 1.29 is 9.53 Å². The van der Waals surface area contributed by atoms with E-state index in [0.717, 1.165) is 24.4 Å². The van der Waals surface area contributed by atoms with Gasteiger partial charge in [-0.2, -0.15) is 0 Å². The summed E-state index contributed by atoms with van der Waals surface area (Å²) in [7, 11) is 0. The van der Waals surface area contributed by atoms with E-state index < -0.39 is 5.91 Å². The third-order valence-electron chi connectivity index (χ3n) is 3.20. The number of ether oxygens (including phenoxy) is 1. The van der Waals surface area contributed by atoms with Crippen LogP contribution in [0, 0.1) is 6.92 Å². The van der Waals surface area contributed by atoms with Gasteiger partial charge in [-0.3, -0.25) is 4.79 Å². The second kappa shape index (κ2) is 6.90. The molecule has 0 radical (unpaired) electrons. The van der Waals surface area contributed by atoms with E-state index in [0.29, 0.717) is 11.3 Å². The van der Waals surface area contributed by atoms with E-state index in [2.05, 4.69) is 18.3 Å². The molecule has 0 aliphatic carbocycles. The van der Waals surface area contributed by atoms with E-state index >= 15 is 0 Å². The number of carbonyl (C=O) groups is 1. The first-order chi connectivity index (χ1) is 10.1. The maximum atomic E-state index is 11.0. The molecule has 1 amide bonds. The van der Waals surface area contributed by atoms with Gasteiger partial charge in [-0.1, -0.05) is 19.1 Å². The first-order valence-corrected chi connectivity index (χ1v) is 6.98. The summed E-state index contributed by atoms with van der Waals surface area (Å²) in [6.07, 6.45) is 0. The molecule has 0 heterocycles. The van der Waals surface area contributed by atoms with Crippen LogP contribution in [-0.4, -0.2) is 12.5 Å². The Labute approximate surface area is 124 Å². The summed E-state index contributed by atoms with van der Waals surface area (Å²) in [5.41, 5.74) is 7.93. The van der Waals surface area contributed by atoms with E-state index in [1.54, 1.807) is 24.3 Å². The van der Waals surface area contributed by atoms with Crippen LogP contribution in [0.3, 0.4) is 0 Å². The Morgan fingerprint density at radius 3 is 2.52 bits per heavy atom. The van der Waals surface area contributed by atoms with E-state index in [-0.39, 0.29) is 0 Å². The molecule has 0 aromatic heterocycles. The summed E-state index contributed by atoms with van der Waals surface area (Å²) in [6, 6.07) is 13.0. The fourth-order valence-electron chi connectivity index (χ4n) is 1.95. The first kappa shape index (κ1) is 15.1. The topological polar surface area (TPSA) is 64.3 Å². The zero-order valence-corrected chi connectivity index (χ0v) is 12.3. The fraction of sp³-hybridized carbons (Fsp3) is 0.235. The molecular weight excluding hydrogens is 264 g/mol. The zero-order chi connectivity index (χ0) is 15.2. The summed E-state index contributed by atoms with van der Waals surface area (Å²) in [5.74, 6) is 1.06. The van der Waals surface area contributed by atoms with Crippen LogP contribution in [0.5, 0.6) is 11.5 Å². The number of hydrogen-bond donors (Lipinski definition) is 2. The lowest BCUT2D eigenvalue weighted by Gasteiger charge is -2.11. The van der Waals surface area contributed by atoms with E-state index in [1.807, 2.05) is 19.1 Å². The maximum absolute atomic E-state index is 11.0. The standard InChI is InChI=1S/C17H20N2O2/c1-3-19-11-13-5-4-12(2)16(10-13)21-15-8-6-14(7-9-15)17(18)20/h4-10,19H,3,11H2,1-2H3,(H2,18,20).